The second-order valence-corrected chi connectivity index (χ2v) is 36.9. The van der Waals surface area contributed by atoms with Crippen LogP contribution in [0.1, 0.15) is 158 Å². The van der Waals surface area contributed by atoms with E-state index in [2.05, 4.69) is 78.0 Å². The van der Waals surface area contributed by atoms with Gasteiger partial charge in [0.15, 0.2) is 17.0 Å². The first-order chi connectivity index (χ1) is 63.6. The van der Waals surface area contributed by atoms with E-state index in [1.54, 1.807) is 66.0 Å². The molecule has 2 bridgehead atoms. The van der Waals surface area contributed by atoms with Gasteiger partial charge in [0.05, 0.1) is 55.1 Å². The van der Waals surface area contributed by atoms with Crippen molar-refractivity contribution in [3.05, 3.63) is 143 Å². The number of nitrogens with two attached hydrogens (primary N) is 2. The molecule has 0 radical (unpaired) electrons. The minimum absolute atomic E-state index is 0.00755. The first kappa shape index (κ1) is 97.4. The molecule has 7 N–H and O–H groups in total. The van der Waals surface area contributed by atoms with Crippen LogP contribution in [-0.2, 0) is 83.1 Å². The zero-order valence-corrected chi connectivity index (χ0v) is 78.1. The number of oxazole rings is 1. The normalized spacial score (nSPS) is 28.6. The number of carbonyl (C=O) groups excluding carboxylic acids is 6. The van der Waals surface area contributed by atoms with E-state index in [1.165, 1.54) is 23.9 Å². The number of carbonyl (C=O) groups is 6. The Kier molecular flexibility index (Phi) is 33.2. The molecule has 2 aromatic carbocycles. The highest BCUT2D eigenvalue weighted by molar-refractivity contribution is 6.39. The number of allylic oxidation sites excluding steroid dienone is 5. The van der Waals surface area contributed by atoms with Crippen LogP contribution in [0.4, 0.5) is 28.5 Å². The lowest BCUT2D eigenvalue weighted by molar-refractivity contribution is -0.265. The van der Waals surface area contributed by atoms with Gasteiger partial charge in [0, 0.05) is 187 Å². The summed E-state index contributed by atoms with van der Waals surface area (Å²) < 4.78 is 56.4. The van der Waals surface area contributed by atoms with Crippen molar-refractivity contribution in [3.63, 3.8) is 0 Å². The second kappa shape index (κ2) is 45.0. The molecular formula is C97H132N18O17. The lowest BCUT2D eigenvalue weighted by atomic mass is 9.78. The maximum Gasteiger partial charge on any atom is 0.407 e. The standard InChI is InChI=1S/C97H132N18O17/c1-59-17-13-12-14-18-60(2)78(124-8)49-73-25-20-65(7)97(123,132-73)87(118)91(120)114-29-16-15-19-75(114)92(121)129-80(50-79(125-9)61(3)44-64(6)85(117)86(127-11)84(116)63(5)43-59)62(4)45-66-22-26-77(81(47-66)126-10)131-96(122)104-53-68-51-100-94(101-52-68)111-35-31-109(32-36-111)39-41-128-42-40-110-33-37-112(38-34-110)95-102-54-72(55-103-95)90(119)113-30-28-69-46-67(21-23-71(69)57-113)56-115-89-82(88(98)105-58-106-89)83(108-115)70-24-27-76-74(48-70)107-93(99)130-76/h12-14,17-18,21,23-24,27,44,46,48,51-52,54-55,58-59,61-63,65-66,73,75,77-81,85-86,117,123H,15-16,19-20,22,25-26,28-43,45,47,49-50,53,56-57H2,1-11H3,(H2,99,107)(H,104,122)(H2,98,105,106)/b14-12+,17-13+,60-18+,64-44+/t59-,61-,62-,63-,65-,66+,73+,75+,77-,78+,79-,80+,81-,85-,86+,97-/m1/s1. The Morgan fingerprint density at radius 3 is 2.11 bits per heavy atom. The van der Waals surface area contributed by atoms with Crippen LogP contribution in [0, 0.1) is 35.5 Å². The minimum Gasteiger partial charge on any atom is -0.460 e. The molecule has 3 amide bonds. The van der Waals surface area contributed by atoms with E-state index in [9.17, 15) is 34.2 Å². The van der Waals surface area contributed by atoms with Crippen molar-refractivity contribution in [3.8, 4) is 11.3 Å². The van der Waals surface area contributed by atoms with Gasteiger partial charge in [-0.05, 0) is 148 Å². The lowest BCUT2D eigenvalue weighted by Gasteiger charge is -2.43. The molecular weight excluding hydrogens is 1690 g/mol. The van der Waals surface area contributed by atoms with Gasteiger partial charge in [-0.3, -0.25) is 29.0 Å². The molecule has 0 unspecified atom stereocenters. The molecule has 35 nitrogen and oxygen atoms in total. The molecule has 1 aliphatic carbocycles. The number of fused-ring (bicyclic) bond motifs is 6. The Morgan fingerprint density at radius 1 is 0.705 bits per heavy atom. The molecule has 712 valence electrons. The Morgan fingerprint density at radius 2 is 1.42 bits per heavy atom. The molecule has 5 aromatic heterocycles. The number of aliphatic hydroxyl groups excluding tert-OH is 1. The molecule has 7 aromatic rings. The predicted octanol–water partition coefficient (Wildman–Crippen LogP) is 9.46. The van der Waals surface area contributed by atoms with E-state index < -0.39 is 96.2 Å². The quantitative estimate of drug-likeness (QED) is 0.0182. The summed E-state index contributed by atoms with van der Waals surface area (Å²) in [5, 5.41) is 32.6. The third-order valence-corrected chi connectivity index (χ3v) is 27.7. The van der Waals surface area contributed by atoms with Crippen LogP contribution in [-0.4, -0.2) is 291 Å². The number of esters is 1. The summed E-state index contributed by atoms with van der Waals surface area (Å²) in [7, 11) is 6.18. The number of nitrogens with zero attached hydrogens (tertiary/aromatic N) is 15. The Labute approximate surface area is 771 Å². The minimum atomic E-state index is -2.46. The molecule has 14 rings (SSSR count). The first-order valence-corrected chi connectivity index (χ1v) is 46.8. The first-order valence-electron chi connectivity index (χ1n) is 46.8. The highest BCUT2D eigenvalue weighted by atomic mass is 16.6. The van der Waals surface area contributed by atoms with Crippen LogP contribution in [0.15, 0.2) is 120 Å². The zero-order chi connectivity index (χ0) is 93.4. The largest absolute Gasteiger partial charge is 0.460 e. The van der Waals surface area contributed by atoms with Crippen LogP contribution < -0.4 is 26.6 Å². The maximum atomic E-state index is 15.0. The number of cyclic esters (lactones) is 1. The molecule has 132 heavy (non-hydrogen) atoms. The Balaban J connectivity index is 0.504. The summed E-state index contributed by atoms with van der Waals surface area (Å²) in [5.74, 6) is -5.92. The Hall–Kier alpha value is -10.6. The number of alkyl carbamates (subject to hydrolysis) is 1. The Bertz CT molecular complexity index is 5250. The van der Waals surface area contributed by atoms with Gasteiger partial charge < -0.3 is 88.9 Å². The van der Waals surface area contributed by atoms with Crippen LogP contribution >= 0.6 is 0 Å². The van der Waals surface area contributed by atoms with Gasteiger partial charge in [0.25, 0.3) is 23.6 Å². The molecule has 4 saturated heterocycles. The second-order valence-electron chi connectivity index (χ2n) is 36.9. The number of nitrogens with one attached hydrogen (secondary N) is 1. The molecule has 6 aliphatic heterocycles. The van der Waals surface area contributed by atoms with E-state index in [1.807, 2.05) is 92.8 Å². The number of anilines is 4. The number of nitrogen functional groups attached to an aromatic ring is 2. The average Bonchev–Trinajstić information content (AvgIpc) is 1.70. The molecule has 1 saturated carbocycles. The number of piperidine rings is 1. The number of ketones is 2. The molecule has 16 atom stereocenters. The summed E-state index contributed by atoms with van der Waals surface area (Å²) in [4.78, 5) is 130. The number of methoxy groups -OCH3 is 4. The van der Waals surface area contributed by atoms with Crippen molar-refractivity contribution in [2.45, 2.75) is 212 Å². The number of amides is 3. The van der Waals surface area contributed by atoms with Gasteiger partial charge >= 0.3 is 12.1 Å². The van der Waals surface area contributed by atoms with Crippen molar-refractivity contribution in [1.29, 1.82) is 0 Å². The summed E-state index contributed by atoms with van der Waals surface area (Å²) in [6.45, 7) is 24.1. The number of benzene rings is 2. The van der Waals surface area contributed by atoms with E-state index >= 15 is 4.79 Å². The van der Waals surface area contributed by atoms with E-state index in [0.29, 0.717) is 166 Å². The summed E-state index contributed by atoms with van der Waals surface area (Å²) in [6.07, 6.45) is 19.4. The topological polar surface area (TPSA) is 421 Å². The van der Waals surface area contributed by atoms with Crippen LogP contribution in [0.3, 0.4) is 0 Å². The summed E-state index contributed by atoms with van der Waals surface area (Å²) >= 11 is 0. The maximum absolute atomic E-state index is 15.0. The van der Waals surface area contributed by atoms with Gasteiger partial charge in [-0.2, -0.15) is 10.1 Å². The number of hydrogen-bond donors (Lipinski definition) is 5. The zero-order valence-electron chi connectivity index (χ0n) is 78.1. The van der Waals surface area contributed by atoms with Crippen molar-refractivity contribution in [2.75, 3.05) is 141 Å². The van der Waals surface area contributed by atoms with Gasteiger partial charge in [-0.25, -0.2) is 44.2 Å². The van der Waals surface area contributed by atoms with Gasteiger partial charge in [-0.1, -0.05) is 89.3 Å². The molecule has 35 heteroatoms. The number of aromatic nitrogens is 9. The monoisotopic (exact) mass is 1820 g/mol. The van der Waals surface area contributed by atoms with E-state index in [0.717, 1.165) is 87.7 Å². The highest BCUT2D eigenvalue weighted by Gasteiger charge is 2.53. The molecule has 5 fully saturated rings. The smallest absolute Gasteiger partial charge is 0.407 e. The van der Waals surface area contributed by atoms with E-state index in [-0.39, 0.29) is 67.3 Å². The number of rotatable bonds is 22. The third-order valence-electron chi connectivity index (χ3n) is 27.7. The van der Waals surface area contributed by atoms with Crippen LogP contribution in [0.2, 0.25) is 0 Å². The predicted molar refractivity (Wildman–Crippen MR) is 495 cm³/mol. The number of ether oxygens (including phenoxy) is 8. The number of Topliss-reactive ketones (excluding diaryl/α,β-unsaturated/α-hetero) is 2. The lowest BCUT2D eigenvalue weighted by Crippen LogP contribution is -2.61. The van der Waals surface area contributed by atoms with Gasteiger partial charge in [0.2, 0.25) is 17.7 Å². The molecule has 0 spiro atoms. The fourth-order valence-electron chi connectivity index (χ4n) is 19.7. The number of hydrogen-bond acceptors (Lipinski definition) is 31. The van der Waals surface area contributed by atoms with Crippen molar-refractivity contribution in [2.24, 2.45) is 35.5 Å². The average molecular weight is 1820 g/mol. The molecule has 11 heterocycles. The third kappa shape index (κ3) is 23.8. The number of piperazine rings is 2. The molecule has 7 aliphatic rings. The fourth-order valence-corrected chi connectivity index (χ4v) is 19.7. The van der Waals surface area contributed by atoms with Gasteiger partial charge in [-0.15, -0.1) is 0 Å². The fraction of sp³-hybridized carbons (Fsp3) is 0.588. The SMILES string of the molecule is CO[C@H]1C[C@@H]2CC[C@@H](C)[C@@](O)(O2)C(=O)C(=O)N2CCCC[C@H]2C(=O)O[C@H]([C@H](C)C[C@@H]2CC[C@@H](OC(=O)NCc3cnc(N4CCN(CCOCCN5CCN(c6ncc(C(=O)N7CCc8cc(Cn9nc(-c%10ccc%11oc(N)nc%11c%10)c%10c(N)ncnc%109)ccc8C7)cn6)CC5)CC4)nc3)[C@H](OC)C2)C[C@@H](OC)[C@H](C)/C=C(\C)[C@@H](O)[C@@H](OC)C(=O)[C@H](C)C[C@H](C)/C=C/C=C/C=C/1C. The van der Waals surface area contributed by atoms with Crippen molar-refractivity contribution < 1.29 is 81.3 Å². The highest BCUT2D eigenvalue weighted by Crippen LogP contribution is 2.41. The van der Waals surface area contributed by atoms with Gasteiger partial charge in [0.1, 0.15) is 53.8 Å². The number of aliphatic hydroxyl groups is 2. The van der Waals surface area contributed by atoms with Crippen molar-refractivity contribution >= 4 is 81.3 Å². The summed E-state index contributed by atoms with van der Waals surface area (Å²) in [6, 6.07) is 10.8. The van der Waals surface area contributed by atoms with E-state index in [4.69, 9.17) is 58.9 Å². The van der Waals surface area contributed by atoms with Crippen LogP contribution in [0.25, 0.3) is 33.4 Å². The van der Waals surface area contributed by atoms with Crippen molar-refractivity contribution in [1.82, 2.24) is 69.6 Å². The summed E-state index contributed by atoms with van der Waals surface area (Å²) in [5.41, 5.74) is 21.3. The van der Waals surface area contributed by atoms with Crippen LogP contribution in [0.5, 0.6) is 0 Å².